The van der Waals surface area contributed by atoms with E-state index in [2.05, 4.69) is 486 Å². The second kappa shape index (κ2) is 32.0. The van der Waals surface area contributed by atoms with Crippen LogP contribution in [-0.4, -0.2) is 9.13 Å². The van der Waals surface area contributed by atoms with Gasteiger partial charge in [0.25, 0.3) is 0 Å². The van der Waals surface area contributed by atoms with Crippen molar-refractivity contribution in [1.82, 2.24) is 9.13 Å². The van der Waals surface area contributed by atoms with Crippen LogP contribution in [0.2, 0.25) is 0 Å². The van der Waals surface area contributed by atoms with Crippen molar-refractivity contribution in [3.63, 3.8) is 0 Å². The average Bonchev–Trinajstić information content (AvgIpc) is 1.56. The summed E-state index contributed by atoms with van der Waals surface area (Å²) in [6.45, 7) is 0. The first-order chi connectivity index (χ1) is 62.5. The molecule has 0 saturated heterocycles. The molecule has 126 heavy (non-hydrogen) atoms. The van der Waals surface area contributed by atoms with Gasteiger partial charge in [-0.1, -0.05) is 352 Å². The van der Waals surface area contributed by atoms with Gasteiger partial charge in [0.1, 0.15) is 22.3 Å². The van der Waals surface area contributed by atoms with E-state index in [1.807, 2.05) is 18.2 Å². The van der Waals surface area contributed by atoms with Gasteiger partial charge in [0, 0.05) is 93.9 Å². The Morgan fingerprint density at radius 2 is 0.444 bits per heavy atom. The number of furan rings is 2. The van der Waals surface area contributed by atoms with Gasteiger partial charge >= 0.3 is 0 Å². The molecule has 20 aromatic carbocycles. The molecule has 0 fully saturated rings. The summed E-state index contributed by atoms with van der Waals surface area (Å²) < 4.78 is 18.1. The second-order valence-corrected chi connectivity index (χ2v) is 32.2. The average molecular weight is 1610 g/mol. The number of hydrogen-bond acceptors (Lipinski definition) is 4. The Kier molecular flexibility index (Phi) is 18.8. The summed E-state index contributed by atoms with van der Waals surface area (Å²) in [5.41, 5.74) is 35.2. The molecule has 6 nitrogen and oxygen atoms in total. The molecular weight excluding hydrogens is 1530 g/mol. The Labute approximate surface area is 730 Å². The monoisotopic (exact) mass is 1610 g/mol. The number of para-hydroxylation sites is 7. The summed E-state index contributed by atoms with van der Waals surface area (Å²) in [6, 6.07) is 174. The van der Waals surface area contributed by atoms with Crippen molar-refractivity contribution in [3.8, 4) is 100 Å². The Morgan fingerprint density at radius 1 is 0.159 bits per heavy atom. The summed E-state index contributed by atoms with van der Waals surface area (Å²) in [4.78, 5) is 4.84. The molecule has 6 heteroatoms. The maximum absolute atomic E-state index is 6.80. The first kappa shape index (κ1) is 74.3. The fraction of sp³-hybridized carbons (Fsp3) is 0. The molecule has 0 aliphatic heterocycles. The molecule has 24 aromatic rings. The third kappa shape index (κ3) is 13.6. The highest BCUT2D eigenvalue weighted by Gasteiger charge is 2.28. The zero-order valence-corrected chi connectivity index (χ0v) is 68.8. The van der Waals surface area contributed by atoms with E-state index >= 15 is 0 Å². The van der Waals surface area contributed by atoms with Crippen molar-refractivity contribution in [2.75, 3.05) is 9.80 Å². The fourth-order valence-electron chi connectivity index (χ4n) is 18.7. The SMILES string of the molecule is c1ccc(-c2ccc(-c3ccc(N(c4ccc(-c5ccccc5)cc4)c4cc5c(cc4-c4ccc6c(c4)oc4ccccc46)c4ccccc4n5-c4ccccc4)cc3)cc2)cc1.c1ccc(-c2ccc(-c3ccc(N(c4ccc(-c5ccccc5)cc4)c4cc5c(cc4-c4cccc6c4oc4ccccc46)c4ccccc4n5-c4ccccc4)cc3)cc2)cc1. The number of fused-ring (bicyclic) bond motifs is 12. The van der Waals surface area contributed by atoms with E-state index in [0.29, 0.717) is 0 Å². The van der Waals surface area contributed by atoms with Crippen LogP contribution >= 0.6 is 0 Å². The second-order valence-electron chi connectivity index (χ2n) is 32.2. The minimum Gasteiger partial charge on any atom is -0.456 e. The smallest absolute Gasteiger partial charge is 0.143 e. The maximum Gasteiger partial charge on any atom is 0.143 e. The Morgan fingerprint density at radius 3 is 0.841 bits per heavy atom. The van der Waals surface area contributed by atoms with Crippen molar-refractivity contribution < 1.29 is 8.83 Å². The molecule has 0 bridgehead atoms. The number of rotatable bonds is 16. The van der Waals surface area contributed by atoms with Crippen LogP contribution in [0.5, 0.6) is 0 Å². The molecule has 0 atom stereocenters. The zero-order chi connectivity index (χ0) is 83.4. The highest BCUT2D eigenvalue weighted by atomic mass is 16.3. The molecule has 0 spiro atoms. The highest BCUT2D eigenvalue weighted by Crippen LogP contribution is 2.51. The van der Waals surface area contributed by atoms with Gasteiger partial charge in [-0.25, -0.2) is 0 Å². The molecule has 0 unspecified atom stereocenters. The lowest BCUT2D eigenvalue weighted by atomic mass is 9.96. The minimum atomic E-state index is 0.868. The zero-order valence-electron chi connectivity index (χ0n) is 68.8. The van der Waals surface area contributed by atoms with E-state index in [4.69, 9.17) is 8.83 Å². The van der Waals surface area contributed by atoms with E-state index in [1.165, 1.54) is 77.2 Å². The van der Waals surface area contributed by atoms with Crippen LogP contribution in [0, 0.1) is 0 Å². The van der Waals surface area contributed by atoms with E-state index in [1.54, 1.807) is 0 Å². The van der Waals surface area contributed by atoms with E-state index in [9.17, 15) is 0 Å². The summed E-state index contributed by atoms with van der Waals surface area (Å²) in [5, 5.41) is 9.20. The van der Waals surface area contributed by atoms with Gasteiger partial charge in [-0.2, -0.15) is 0 Å². The first-order valence-corrected chi connectivity index (χ1v) is 43.0. The Hall–Kier alpha value is -16.8. The molecule has 0 radical (unpaired) electrons. The lowest BCUT2D eigenvalue weighted by Crippen LogP contribution is -2.11. The minimum absolute atomic E-state index is 0.868. The quantitative estimate of drug-likeness (QED) is 0.0967. The molecule has 24 rings (SSSR count). The fourth-order valence-corrected chi connectivity index (χ4v) is 18.7. The van der Waals surface area contributed by atoms with Gasteiger partial charge in [-0.15, -0.1) is 0 Å². The van der Waals surface area contributed by atoms with Gasteiger partial charge in [0.2, 0.25) is 0 Å². The van der Waals surface area contributed by atoms with Crippen LogP contribution in [0.1, 0.15) is 0 Å². The van der Waals surface area contributed by atoms with Crippen LogP contribution < -0.4 is 9.80 Å². The lowest BCUT2D eigenvalue weighted by Gasteiger charge is -2.29. The van der Waals surface area contributed by atoms with Crippen molar-refractivity contribution in [1.29, 1.82) is 0 Å². The molecule has 0 saturated carbocycles. The molecule has 4 aromatic heterocycles. The predicted octanol–water partition coefficient (Wildman–Crippen LogP) is 33.6. The van der Waals surface area contributed by atoms with Crippen molar-refractivity contribution in [3.05, 3.63) is 485 Å². The molecule has 0 N–H and O–H groups in total. The van der Waals surface area contributed by atoms with Gasteiger partial charge < -0.3 is 27.8 Å². The highest BCUT2D eigenvalue weighted by molar-refractivity contribution is 6.18. The summed E-state index contributed by atoms with van der Waals surface area (Å²) in [5.74, 6) is 0. The molecule has 0 aliphatic rings. The van der Waals surface area contributed by atoms with Crippen LogP contribution in [0.3, 0.4) is 0 Å². The van der Waals surface area contributed by atoms with E-state index in [-0.39, 0.29) is 0 Å². The molecule has 0 amide bonds. The third-order valence-electron chi connectivity index (χ3n) is 24.8. The number of aromatic nitrogens is 2. The van der Waals surface area contributed by atoms with Crippen LogP contribution in [0.4, 0.5) is 34.1 Å². The molecule has 592 valence electrons. The number of nitrogens with zero attached hydrogens (tertiary/aromatic N) is 4. The summed E-state index contributed by atoms with van der Waals surface area (Å²) >= 11 is 0. The largest absolute Gasteiger partial charge is 0.456 e. The van der Waals surface area contributed by atoms with Crippen molar-refractivity contribution in [2.24, 2.45) is 0 Å². The molecular formula is C120H80N4O2. The van der Waals surface area contributed by atoms with Gasteiger partial charge in [-0.3, -0.25) is 0 Å². The van der Waals surface area contributed by atoms with Crippen molar-refractivity contribution >= 4 is 122 Å². The standard InChI is InChI=1S/2C60H40N2O/c1-4-15-41(16-5-1)43-27-29-44(30-28-43)46-33-37-49(38-34-46)61(48-35-31-45(32-36-48)42-17-6-2-7-18-42)57-40-58-54(50-21-10-12-25-56(50)62(58)47-19-8-3-9-20-47)39-55(57)53-24-14-23-52-51-22-11-13-26-59(51)63-60(52)53;1-4-14-41(15-5-1)43-24-26-44(27-25-43)46-30-35-50(36-31-46)61(49-33-28-45(29-34-49)42-16-6-2-7-17-42)57-40-58-55(51-20-10-12-22-56(51)62(58)48-18-8-3-9-19-48)39-54(57)47-32-37-53-52-21-11-13-23-59(52)63-60(53)38-47/h2*1-40H. The maximum atomic E-state index is 6.80. The van der Waals surface area contributed by atoms with Crippen LogP contribution in [-0.2, 0) is 0 Å². The van der Waals surface area contributed by atoms with Crippen molar-refractivity contribution in [2.45, 2.75) is 0 Å². The topological polar surface area (TPSA) is 42.6 Å². The van der Waals surface area contributed by atoms with Crippen LogP contribution in [0.25, 0.3) is 188 Å². The number of hydrogen-bond donors (Lipinski definition) is 0. The third-order valence-corrected chi connectivity index (χ3v) is 24.8. The van der Waals surface area contributed by atoms with E-state index < -0.39 is 0 Å². The summed E-state index contributed by atoms with van der Waals surface area (Å²) in [7, 11) is 0. The number of anilines is 6. The molecule has 0 aliphatic carbocycles. The Bertz CT molecular complexity index is 8110. The summed E-state index contributed by atoms with van der Waals surface area (Å²) in [6.07, 6.45) is 0. The predicted molar refractivity (Wildman–Crippen MR) is 529 cm³/mol. The van der Waals surface area contributed by atoms with E-state index in [0.717, 1.165) is 145 Å². The molecule has 4 heterocycles. The first-order valence-electron chi connectivity index (χ1n) is 43.0. The Balaban J connectivity index is 0.000000145. The van der Waals surface area contributed by atoms with Crippen LogP contribution in [0.15, 0.2) is 494 Å². The van der Waals surface area contributed by atoms with Gasteiger partial charge in [0.05, 0.1) is 33.4 Å². The normalized spacial score (nSPS) is 11.5. The van der Waals surface area contributed by atoms with Gasteiger partial charge in [0.15, 0.2) is 0 Å². The lowest BCUT2D eigenvalue weighted by molar-refractivity contribution is 0.669. The number of benzene rings is 20. The van der Waals surface area contributed by atoms with Gasteiger partial charge in [-0.05, 0) is 206 Å².